The van der Waals surface area contributed by atoms with Gasteiger partial charge in [0.25, 0.3) is 5.91 Å². The summed E-state index contributed by atoms with van der Waals surface area (Å²) in [6, 6.07) is 2.76. The topological polar surface area (TPSA) is 79.5 Å². The molecule has 1 atom stereocenters. The van der Waals surface area contributed by atoms with Gasteiger partial charge in [0.05, 0.1) is 0 Å². The average molecular weight is 279 g/mol. The highest BCUT2D eigenvalue weighted by atomic mass is 16.4. The van der Waals surface area contributed by atoms with Crippen molar-refractivity contribution in [2.45, 2.75) is 51.5 Å². The Balaban J connectivity index is 1.84. The highest BCUT2D eigenvalue weighted by Crippen LogP contribution is 2.27. The van der Waals surface area contributed by atoms with E-state index in [0.29, 0.717) is 5.92 Å². The SMILES string of the molecule is C[C@H](CC1CCCCC1)NC(=O)c1ccc(C(=O)O)o1. The lowest BCUT2D eigenvalue weighted by molar-refractivity contribution is 0.0659. The van der Waals surface area contributed by atoms with Gasteiger partial charge in [0.1, 0.15) is 0 Å². The van der Waals surface area contributed by atoms with Gasteiger partial charge in [0.2, 0.25) is 5.76 Å². The standard InChI is InChI=1S/C15H21NO4/c1-10(9-11-5-3-2-4-6-11)16-14(17)12-7-8-13(20-12)15(18)19/h7-8,10-11H,2-6,9H2,1H3,(H,16,17)(H,18,19)/t10-/m1/s1. The number of carboxylic acid groups (broad SMARTS) is 1. The number of carbonyl (C=O) groups is 2. The molecule has 2 rings (SSSR count). The molecule has 20 heavy (non-hydrogen) atoms. The molecule has 2 N–H and O–H groups in total. The molecule has 1 aliphatic carbocycles. The lowest BCUT2D eigenvalue weighted by atomic mass is 9.85. The average Bonchev–Trinajstić information content (AvgIpc) is 2.89. The molecule has 1 saturated carbocycles. The number of carboxylic acids is 1. The van der Waals surface area contributed by atoms with Crippen LogP contribution in [0.5, 0.6) is 0 Å². The molecule has 0 spiro atoms. The Hall–Kier alpha value is -1.78. The van der Waals surface area contributed by atoms with Crippen molar-refractivity contribution in [3.8, 4) is 0 Å². The molecule has 0 unspecified atom stereocenters. The molecule has 1 aromatic rings. The predicted molar refractivity (Wildman–Crippen MR) is 73.8 cm³/mol. The summed E-state index contributed by atoms with van der Waals surface area (Å²) in [5.74, 6) is -0.988. The minimum atomic E-state index is -1.17. The first-order valence-electron chi connectivity index (χ1n) is 7.20. The summed E-state index contributed by atoms with van der Waals surface area (Å²) in [4.78, 5) is 22.6. The van der Waals surface area contributed by atoms with Crippen LogP contribution in [0.4, 0.5) is 0 Å². The Morgan fingerprint density at radius 1 is 1.30 bits per heavy atom. The van der Waals surface area contributed by atoms with Crippen molar-refractivity contribution in [2.24, 2.45) is 5.92 Å². The molecule has 110 valence electrons. The molecule has 0 bridgehead atoms. The van der Waals surface area contributed by atoms with E-state index in [-0.39, 0.29) is 23.5 Å². The highest BCUT2D eigenvalue weighted by Gasteiger charge is 2.20. The maximum Gasteiger partial charge on any atom is 0.371 e. The first kappa shape index (κ1) is 14.6. The van der Waals surface area contributed by atoms with Crippen LogP contribution in [0.1, 0.15) is 66.6 Å². The Labute approximate surface area is 118 Å². The van der Waals surface area contributed by atoms with E-state index < -0.39 is 5.97 Å². The van der Waals surface area contributed by atoms with Crippen molar-refractivity contribution in [1.82, 2.24) is 5.32 Å². The van der Waals surface area contributed by atoms with Crippen molar-refractivity contribution in [3.63, 3.8) is 0 Å². The summed E-state index contributed by atoms with van der Waals surface area (Å²) >= 11 is 0. The number of nitrogens with one attached hydrogen (secondary N) is 1. The van der Waals surface area contributed by atoms with E-state index in [2.05, 4.69) is 5.32 Å². The van der Waals surface area contributed by atoms with Crippen LogP contribution in [-0.2, 0) is 0 Å². The smallest absolute Gasteiger partial charge is 0.371 e. The largest absolute Gasteiger partial charge is 0.475 e. The van der Waals surface area contributed by atoms with E-state index in [9.17, 15) is 9.59 Å². The number of hydrogen-bond donors (Lipinski definition) is 2. The van der Waals surface area contributed by atoms with Gasteiger partial charge in [-0.15, -0.1) is 0 Å². The normalized spacial score (nSPS) is 17.6. The van der Waals surface area contributed by atoms with Gasteiger partial charge in [0, 0.05) is 6.04 Å². The number of amides is 1. The third-order valence-electron chi connectivity index (χ3n) is 3.83. The molecule has 1 aromatic heterocycles. The van der Waals surface area contributed by atoms with Crippen LogP contribution in [0, 0.1) is 5.92 Å². The Kier molecular flexibility index (Phi) is 4.82. The minimum Gasteiger partial charge on any atom is -0.475 e. The van der Waals surface area contributed by atoms with Gasteiger partial charge in [-0.1, -0.05) is 32.1 Å². The van der Waals surface area contributed by atoms with Crippen molar-refractivity contribution in [2.75, 3.05) is 0 Å². The molecule has 1 fully saturated rings. The van der Waals surface area contributed by atoms with E-state index >= 15 is 0 Å². The summed E-state index contributed by atoms with van der Waals surface area (Å²) in [6.07, 6.45) is 7.34. The number of rotatable bonds is 5. The van der Waals surface area contributed by atoms with Gasteiger partial charge >= 0.3 is 5.97 Å². The molecule has 5 nitrogen and oxygen atoms in total. The number of carbonyl (C=O) groups excluding carboxylic acids is 1. The fourth-order valence-corrected chi connectivity index (χ4v) is 2.85. The lowest BCUT2D eigenvalue weighted by Crippen LogP contribution is -2.34. The molecule has 1 amide bonds. The predicted octanol–water partition coefficient (Wildman–Crippen LogP) is 3.07. The van der Waals surface area contributed by atoms with E-state index in [0.717, 1.165) is 6.42 Å². The number of hydrogen-bond acceptors (Lipinski definition) is 3. The maximum absolute atomic E-state index is 11.9. The zero-order chi connectivity index (χ0) is 14.5. The second-order valence-electron chi connectivity index (χ2n) is 5.58. The fraction of sp³-hybridized carbons (Fsp3) is 0.600. The first-order chi connectivity index (χ1) is 9.56. The van der Waals surface area contributed by atoms with E-state index in [4.69, 9.17) is 9.52 Å². The van der Waals surface area contributed by atoms with E-state index in [1.54, 1.807) is 0 Å². The van der Waals surface area contributed by atoms with Crippen molar-refractivity contribution >= 4 is 11.9 Å². The second kappa shape index (κ2) is 6.59. The summed E-state index contributed by atoms with van der Waals surface area (Å²) in [7, 11) is 0. The van der Waals surface area contributed by atoms with Crippen LogP contribution in [0.25, 0.3) is 0 Å². The lowest BCUT2D eigenvalue weighted by Gasteiger charge is -2.24. The minimum absolute atomic E-state index is 0.0536. The van der Waals surface area contributed by atoms with Crippen LogP contribution < -0.4 is 5.32 Å². The van der Waals surface area contributed by atoms with Crippen LogP contribution in [-0.4, -0.2) is 23.0 Å². The zero-order valence-electron chi connectivity index (χ0n) is 11.7. The highest BCUT2D eigenvalue weighted by molar-refractivity contribution is 5.93. The zero-order valence-corrected chi connectivity index (χ0v) is 11.7. The van der Waals surface area contributed by atoms with Crippen molar-refractivity contribution < 1.29 is 19.1 Å². The van der Waals surface area contributed by atoms with E-state index in [1.807, 2.05) is 6.92 Å². The Bertz CT molecular complexity index is 474. The van der Waals surface area contributed by atoms with Crippen LogP contribution in [0.15, 0.2) is 16.5 Å². The van der Waals surface area contributed by atoms with Crippen molar-refractivity contribution in [1.29, 1.82) is 0 Å². The molecular weight excluding hydrogens is 258 g/mol. The molecule has 1 heterocycles. The molecule has 0 aliphatic heterocycles. The van der Waals surface area contributed by atoms with Gasteiger partial charge < -0.3 is 14.8 Å². The maximum atomic E-state index is 11.9. The molecule has 0 radical (unpaired) electrons. The van der Waals surface area contributed by atoms with Crippen LogP contribution in [0.2, 0.25) is 0 Å². The second-order valence-corrected chi connectivity index (χ2v) is 5.58. The quantitative estimate of drug-likeness (QED) is 0.868. The first-order valence-corrected chi connectivity index (χ1v) is 7.20. The Morgan fingerprint density at radius 3 is 2.55 bits per heavy atom. The van der Waals surface area contributed by atoms with Gasteiger partial charge in [-0.25, -0.2) is 4.79 Å². The van der Waals surface area contributed by atoms with Gasteiger partial charge in [-0.05, 0) is 31.4 Å². The van der Waals surface area contributed by atoms with Crippen LogP contribution >= 0.6 is 0 Å². The third-order valence-corrected chi connectivity index (χ3v) is 3.83. The summed E-state index contributed by atoms with van der Waals surface area (Å²) in [5.41, 5.74) is 0. The molecular formula is C15H21NO4. The summed E-state index contributed by atoms with van der Waals surface area (Å²) < 4.78 is 4.99. The molecule has 1 aliphatic rings. The summed E-state index contributed by atoms with van der Waals surface area (Å²) in [6.45, 7) is 1.98. The third kappa shape index (κ3) is 3.85. The molecule has 0 saturated heterocycles. The van der Waals surface area contributed by atoms with Gasteiger partial charge in [-0.3, -0.25) is 4.79 Å². The van der Waals surface area contributed by atoms with E-state index in [1.165, 1.54) is 44.2 Å². The molecule has 0 aromatic carbocycles. The van der Waals surface area contributed by atoms with Gasteiger partial charge in [0.15, 0.2) is 5.76 Å². The van der Waals surface area contributed by atoms with Crippen LogP contribution in [0.3, 0.4) is 0 Å². The van der Waals surface area contributed by atoms with Crippen molar-refractivity contribution in [3.05, 3.63) is 23.7 Å². The fourth-order valence-electron chi connectivity index (χ4n) is 2.85. The van der Waals surface area contributed by atoms with Gasteiger partial charge in [-0.2, -0.15) is 0 Å². The number of aromatic carboxylic acids is 1. The molecule has 5 heteroatoms. The Morgan fingerprint density at radius 2 is 1.95 bits per heavy atom. The monoisotopic (exact) mass is 279 g/mol. The number of furan rings is 1. The summed E-state index contributed by atoms with van der Waals surface area (Å²) in [5, 5.41) is 11.6.